The first kappa shape index (κ1) is 25.5. The molecule has 4 aromatic rings. The molecule has 0 saturated heterocycles. The number of allylic oxidation sites excluding steroid dienone is 1. The Bertz CT molecular complexity index is 1620. The zero-order valence-electron chi connectivity index (χ0n) is 21.0. The van der Waals surface area contributed by atoms with Gasteiger partial charge in [0.25, 0.3) is 11.6 Å². The minimum Gasteiger partial charge on any atom is -0.503 e. The van der Waals surface area contributed by atoms with Crippen LogP contribution in [0.25, 0.3) is 17.0 Å². The predicted octanol–water partition coefficient (Wildman–Crippen LogP) is 5.31. The number of nitro groups is 1. The maximum Gasteiger partial charge on any atom is 0.290 e. The lowest BCUT2D eigenvalue weighted by Crippen LogP contribution is -2.33. The summed E-state index contributed by atoms with van der Waals surface area (Å²) in [5.41, 5.74) is 2.92. The number of aliphatic hydroxyl groups excluding tert-OH is 1. The lowest BCUT2D eigenvalue weighted by Gasteiger charge is -2.26. The minimum absolute atomic E-state index is 0.0679. The number of aromatic nitrogens is 1. The van der Waals surface area contributed by atoms with E-state index < -0.39 is 28.4 Å². The number of H-pyrrole nitrogens is 1. The van der Waals surface area contributed by atoms with Crippen molar-refractivity contribution in [3.05, 3.63) is 123 Å². The van der Waals surface area contributed by atoms with Crippen molar-refractivity contribution in [1.82, 2.24) is 9.88 Å². The van der Waals surface area contributed by atoms with E-state index in [0.717, 1.165) is 22.0 Å². The first-order valence-electron chi connectivity index (χ1n) is 12.3. The first-order chi connectivity index (χ1) is 18.9. The summed E-state index contributed by atoms with van der Waals surface area (Å²) >= 11 is 0. The van der Waals surface area contributed by atoms with Crippen LogP contribution in [-0.4, -0.2) is 45.3 Å². The molecule has 0 saturated carbocycles. The fourth-order valence-electron chi connectivity index (χ4n) is 4.82. The van der Waals surface area contributed by atoms with E-state index >= 15 is 0 Å². The number of carbonyl (C=O) groups excluding carboxylic acids is 2. The number of fused-ring (bicyclic) bond motifs is 1. The second-order valence-corrected chi connectivity index (χ2v) is 9.10. The Morgan fingerprint density at radius 3 is 2.56 bits per heavy atom. The van der Waals surface area contributed by atoms with Crippen LogP contribution in [0.15, 0.2) is 96.4 Å². The number of nitrogens with zero attached hydrogens (tertiary/aromatic N) is 2. The molecule has 1 aromatic heterocycles. The van der Waals surface area contributed by atoms with Crippen LogP contribution in [0.3, 0.4) is 0 Å². The average Bonchev–Trinajstić information content (AvgIpc) is 3.48. The normalized spacial score (nSPS) is 15.5. The minimum atomic E-state index is -0.911. The Hall–Kier alpha value is -5.18. The summed E-state index contributed by atoms with van der Waals surface area (Å²) in [5, 5.41) is 23.0. The van der Waals surface area contributed by atoms with Crippen LogP contribution in [0.5, 0.6) is 5.75 Å². The van der Waals surface area contributed by atoms with Gasteiger partial charge in [0.15, 0.2) is 11.5 Å². The van der Waals surface area contributed by atoms with Gasteiger partial charge in [0.05, 0.1) is 23.6 Å². The molecule has 0 bridgehead atoms. The number of ether oxygens (including phenoxy) is 1. The van der Waals surface area contributed by atoms with Crippen LogP contribution in [0, 0.1) is 10.1 Å². The van der Waals surface area contributed by atoms with E-state index in [1.807, 2.05) is 54.7 Å². The Morgan fingerprint density at radius 2 is 1.87 bits per heavy atom. The van der Waals surface area contributed by atoms with E-state index in [4.69, 9.17) is 4.74 Å². The summed E-state index contributed by atoms with van der Waals surface area (Å²) in [5.74, 6) is -1.12. The highest BCUT2D eigenvalue weighted by Crippen LogP contribution is 2.39. The van der Waals surface area contributed by atoms with Gasteiger partial charge in [-0.1, -0.05) is 36.4 Å². The molecule has 1 aliphatic rings. The molecule has 0 radical (unpaired) electrons. The van der Waals surface area contributed by atoms with Crippen molar-refractivity contribution in [1.29, 1.82) is 0 Å². The van der Waals surface area contributed by atoms with Crippen molar-refractivity contribution in [3.8, 4) is 5.75 Å². The number of aliphatic hydroxyl groups is 1. The average molecular weight is 524 g/mol. The molecule has 196 valence electrons. The predicted molar refractivity (Wildman–Crippen MR) is 146 cm³/mol. The molecule has 0 fully saturated rings. The van der Waals surface area contributed by atoms with Crippen molar-refractivity contribution < 1.29 is 24.4 Å². The first-order valence-corrected chi connectivity index (χ1v) is 12.3. The summed E-state index contributed by atoms with van der Waals surface area (Å²) in [6, 6.07) is 19.6. The molecule has 0 spiro atoms. The van der Waals surface area contributed by atoms with Crippen LogP contribution in [0.4, 0.5) is 5.69 Å². The molecule has 39 heavy (non-hydrogen) atoms. The third kappa shape index (κ3) is 5.02. The van der Waals surface area contributed by atoms with Crippen LogP contribution in [0.2, 0.25) is 0 Å². The van der Waals surface area contributed by atoms with E-state index in [1.54, 1.807) is 13.2 Å². The maximum atomic E-state index is 13.3. The topological polar surface area (TPSA) is 126 Å². The monoisotopic (exact) mass is 523 g/mol. The van der Waals surface area contributed by atoms with Crippen molar-refractivity contribution in [3.63, 3.8) is 0 Å². The van der Waals surface area contributed by atoms with Crippen molar-refractivity contribution >= 4 is 34.4 Å². The number of hydrogen-bond donors (Lipinski definition) is 2. The van der Waals surface area contributed by atoms with Crippen molar-refractivity contribution in [2.24, 2.45) is 0 Å². The van der Waals surface area contributed by atoms with Gasteiger partial charge in [-0.3, -0.25) is 19.7 Å². The van der Waals surface area contributed by atoms with Crippen LogP contribution in [0.1, 0.15) is 22.7 Å². The maximum absolute atomic E-state index is 13.3. The van der Waals surface area contributed by atoms with Gasteiger partial charge in [-0.25, -0.2) is 0 Å². The van der Waals surface area contributed by atoms with E-state index in [0.29, 0.717) is 17.7 Å². The molecular formula is C30H25N3O6. The van der Waals surface area contributed by atoms with Gasteiger partial charge >= 0.3 is 0 Å². The number of carbonyl (C=O) groups is 2. The fraction of sp³-hybridized carbons (Fsp3) is 0.133. The number of non-ortho nitro benzene ring substituents is 1. The fourth-order valence-corrected chi connectivity index (χ4v) is 4.82. The van der Waals surface area contributed by atoms with E-state index in [-0.39, 0.29) is 17.8 Å². The Balaban J connectivity index is 1.48. The standard InChI is InChI=1S/C30H25N3O6/c1-39-23-12-13-25-24(17-23)21(18-31-25)15-16-32-28(20-8-10-22(11-9-20)33(37)38)27(29(35)30(32)36)26(34)14-7-19-5-3-2-4-6-19/h2-14,17-18,28,31,35H,15-16H2,1H3/b14-7+/t28-/m0/s1. The third-order valence-corrected chi connectivity index (χ3v) is 6.81. The molecule has 2 heterocycles. The molecule has 1 atom stereocenters. The molecule has 1 aliphatic heterocycles. The smallest absolute Gasteiger partial charge is 0.290 e. The number of methoxy groups -OCH3 is 1. The van der Waals surface area contributed by atoms with Gasteiger partial charge in [0.2, 0.25) is 0 Å². The molecule has 2 N–H and O–H groups in total. The Morgan fingerprint density at radius 1 is 1.13 bits per heavy atom. The number of amides is 1. The van der Waals surface area contributed by atoms with Crippen LogP contribution < -0.4 is 4.74 Å². The molecule has 0 aliphatic carbocycles. The van der Waals surface area contributed by atoms with Gasteiger partial charge in [-0.05, 0) is 59.5 Å². The van der Waals surface area contributed by atoms with Gasteiger partial charge in [0, 0.05) is 35.8 Å². The molecule has 9 nitrogen and oxygen atoms in total. The highest BCUT2D eigenvalue weighted by molar-refractivity contribution is 6.14. The van der Waals surface area contributed by atoms with Crippen LogP contribution >= 0.6 is 0 Å². The van der Waals surface area contributed by atoms with Gasteiger partial charge in [-0.2, -0.15) is 0 Å². The number of nitrogens with one attached hydrogen (secondary N) is 1. The lowest BCUT2D eigenvalue weighted by atomic mass is 9.95. The van der Waals surface area contributed by atoms with E-state index in [9.17, 15) is 24.8 Å². The van der Waals surface area contributed by atoms with Gasteiger partial charge in [0.1, 0.15) is 5.75 Å². The number of hydrogen-bond acceptors (Lipinski definition) is 6. The summed E-state index contributed by atoms with van der Waals surface area (Å²) in [7, 11) is 1.59. The Kier molecular flexibility index (Phi) is 6.96. The number of benzene rings is 3. The number of aromatic amines is 1. The molecule has 1 amide bonds. The second-order valence-electron chi connectivity index (χ2n) is 9.10. The molecule has 0 unspecified atom stereocenters. The molecule has 5 rings (SSSR count). The van der Waals surface area contributed by atoms with Crippen molar-refractivity contribution in [2.45, 2.75) is 12.5 Å². The van der Waals surface area contributed by atoms with Gasteiger partial charge in [-0.15, -0.1) is 0 Å². The Labute approximate surface area is 223 Å². The molecule has 9 heteroatoms. The van der Waals surface area contributed by atoms with E-state index in [1.165, 1.54) is 35.2 Å². The highest BCUT2D eigenvalue weighted by atomic mass is 16.6. The number of ketones is 1. The summed E-state index contributed by atoms with van der Waals surface area (Å²) in [4.78, 5) is 41.9. The highest BCUT2D eigenvalue weighted by Gasteiger charge is 2.42. The third-order valence-electron chi connectivity index (χ3n) is 6.81. The number of rotatable bonds is 9. The molecular weight excluding hydrogens is 498 g/mol. The number of nitro benzene ring substituents is 1. The van der Waals surface area contributed by atoms with Crippen molar-refractivity contribution in [2.75, 3.05) is 13.7 Å². The van der Waals surface area contributed by atoms with Crippen LogP contribution in [-0.2, 0) is 16.0 Å². The largest absolute Gasteiger partial charge is 0.503 e. The molecule has 3 aromatic carbocycles. The lowest BCUT2D eigenvalue weighted by molar-refractivity contribution is -0.384. The van der Waals surface area contributed by atoms with E-state index in [2.05, 4.69) is 4.98 Å². The SMILES string of the molecule is COc1ccc2[nH]cc(CCN3C(=O)C(O)=C(C(=O)/C=C/c4ccccc4)[C@@H]3c3ccc([N+](=O)[O-])cc3)c2c1. The quantitative estimate of drug-likeness (QED) is 0.174. The summed E-state index contributed by atoms with van der Waals surface area (Å²) in [6.45, 7) is 0.188. The summed E-state index contributed by atoms with van der Waals surface area (Å²) in [6.07, 6.45) is 5.22. The second kappa shape index (κ2) is 10.7. The summed E-state index contributed by atoms with van der Waals surface area (Å²) < 4.78 is 5.34. The zero-order chi connectivity index (χ0) is 27.5. The van der Waals surface area contributed by atoms with Gasteiger partial charge < -0.3 is 19.7 Å². The zero-order valence-corrected chi connectivity index (χ0v) is 21.0.